The first-order chi connectivity index (χ1) is 7.13. The Hall–Kier alpha value is -1.10. The van der Waals surface area contributed by atoms with E-state index in [1.165, 1.54) is 7.11 Å². The molecule has 1 aliphatic heterocycles. The first-order valence-electron chi connectivity index (χ1n) is 5.19. The molecule has 1 atom stereocenters. The van der Waals surface area contributed by atoms with Gasteiger partial charge in [-0.3, -0.25) is 9.59 Å². The average Bonchev–Trinajstić information content (AvgIpc) is 2.52. The first-order valence-corrected chi connectivity index (χ1v) is 5.19. The van der Waals surface area contributed by atoms with E-state index in [-0.39, 0.29) is 24.5 Å². The number of carbonyl (C=O) groups is 2. The van der Waals surface area contributed by atoms with Crippen molar-refractivity contribution < 1.29 is 14.3 Å². The molecule has 5 heteroatoms. The third kappa shape index (κ3) is 3.87. The molecule has 1 saturated heterocycles. The minimum atomic E-state index is -0.142. The molecule has 15 heavy (non-hydrogen) atoms. The van der Waals surface area contributed by atoms with Crippen molar-refractivity contribution in [3.8, 4) is 0 Å². The monoisotopic (exact) mass is 214 g/mol. The van der Waals surface area contributed by atoms with Crippen molar-refractivity contribution in [1.29, 1.82) is 0 Å². The Morgan fingerprint density at radius 2 is 2.40 bits per heavy atom. The van der Waals surface area contributed by atoms with E-state index in [4.69, 9.17) is 4.74 Å². The molecule has 0 aromatic heterocycles. The maximum atomic E-state index is 11.3. The van der Waals surface area contributed by atoms with Crippen LogP contribution in [0.3, 0.4) is 0 Å². The Kier molecular flexibility index (Phi) is 4.55. The number of nitrogens with zero attached hydrogens (tertiary/aromatic N) is 1. The molecule has 1 heterocycles. The van der Waals surface area contributed by atoms with Gasteiger partial charge < -0.3 is 15.0 Å². The van der Waals surface area contributed by atoms with Gasteiger partial charge in [0.2, 0.25) is 11.8 Å². The highest BCUT2D eigenvalue weighted by atomic mass is 16.5. The summed E-state index contributed by atoms with van der Waals surface area (Å²) in [6, 6.07) is -0.0188. The molecule has 1 rings (SSSR count). The Morgan fingerprint density at radius 1 is 1.67 bits per heavy atom. The van der Waals surface area contributed by atoms with Gasteiger partial charge in [0.05, 0.1) is 0 Å². The number of likely N-dealkylation sites (tertiary alicyclic amines) is 1. The highest BCUT2D eigenvalue weighted by molar-refractivity contribution is 5.79. The largest absolute Gasteiger partial charge is 0.375 e. The lowest BCUT2D eigenvalue weighted by molar-refractivity contribution is -0.129. The number of hydrogen-bond donors (Lipinski definition) is 1. The van der Waals surface area contributed by atoms with E-state index in [1.54, 1.807) is 4.90 Å². The van der Waals surface area contributed by atoms with E-state index in [0.717, 1.165) is 13.0 Å². The minimum Gasteiger partial charge on any atom is -0.375 e. The zero-order valence-electron chi connectivity index (χ0n) is 9.28. The van der Waals surface area contributed by atoms with E-state index in [1.807, 2.05) is 6.92 Å². The summed E-state index contributed by atoms with van der Waals surface area (Å²) in [6.45, 7) is 3.36. The summed E-state index contributed by atoms with van der Waals surface area (Å²) in [7, 11) is 1.48. The smallest absolute Gasteiger partial charge is 0.246 e. The molecule has 2 amide bonds. The van der Waals surface area contributed by atoms with Crippen molar-refractivity contribution in [3.05, 3.63) is 0 Å². The second-order valence-corrected chi connectivity index (χ2v) is 3.84. The van der Waals surface area contributed by atoms with Crippen molar-refractivity contribution in [2.24, 2.45) is 0 Å². The zero-order valence-corrected chi connectivity index (χ0v) is 9.28. The third-order valence-corrected chi connectivity index (χ3v) is 2.35. The van der Waals surface area contributed by atoms with Gasteiger partial charge in [-0.05, 0) is 13.3 Å². The van der Waals surface area contributed by atoms with Crippen LogP contribution in [0.25, 0.3) is 0 Å². The van der Waals surface area contributed by atoms with Gasteiger partial charge in [-0.1, -0.05) is 0 Å². The lowest BCUT2D eigenvalue weighted by Crippen LogP contribution is -2.43. The zero-order chi connectivity index (χ0) is 11.3. The summed E-state index contributed by atoms with van der Waals surface area (Å²) < 4.78 is 4.70. The fourth-order valence-corrected chi connectivity index (χ4v) is 1.72. The number of carbonyl (C=O) groups excluding carboxylic acids is 2. The van der Waals surface area contributed by atoms with Crippen LogP contribution in [0.2, 0.25) is 0 Å². The standard InChI is InChI=1S/C10H18N2O3/c1-8(11-9(13)7-15-2)6-12-5-3-4-10(12)14/h8H,3-7H2,1-2H3,(H,11,13). The van der Waals surface area contributed by atoms with Crippen LogP contribution in [0, 0.1) is 0 Å². The highest BCUT2D eigenvalue weighted by Gasteiger charge is 2.22. The highest BCUT2D eigenvalue weighted by Crippen LogP contribution is 2.09. The molecule has 1 aliphatic rings. The Labute approximate surface area is 89.8 Å². The van der Waals surface area contributed by atoms with Gasteiger partial charge in [0.15, 0.2) is 0 Å². The average molecular weight is 214 g/mol. The van der Waals surface area contributed by atoms with Gasteiger partial charge >= 0.3 is 0 Å². The quantitative estimate of drug-likeness (QED) is 0.687. The van der Waals surface area contributed by atoms with Crippen LogP contribution < -0.4 is 5.32 Å². The van der Waals surface area contributed by atoms with Crippen LogP contribution in [-0.2, 0) is 14.3 Å². The molecular formula is C10H18N2O3. The fourth-order valence-electron chi connectivity index (χ4n) is 1.72. The summed E-state index contributed by atoms with van der Waals surface area (Å²) in [4.78, 5) is 24.3. The molecule has 0 spiro atoms. The van der Waals surface area contributed by atoms with Crippen LogP contribution in [-0.4, -0.2) is 49.6 Å². The van der Waals surface area contributed by atoms with Crippen molar-refractivity contribution in [3.63, 3.8) is 0 Å². The number of nitrogens with one attached hydrogen (secondary N) is 1. The van der Waals surface area contributed by atoms with E-state index in [2.05, 4.69) is 5.32 Å². The van der Waals surface area contributed by atoms with E-state index < -0.39 is 0 Å². The van der Waals surface area contributed by atoms with E-state index in [9.17, 15) is 9.59 Å². The van der Waals surface area contributed by atoms with Crippen LogP contribution in [0.1, 0.15) is 19.8 Å². The molecule has 86 valence electrons. The fraction of sp³-hybridized carbons (Fsp3) is 0.800. The van der Waals surface area contributed by atoms with E-state index in [0.29, 0.717) is 13.0 Å². The Bertz CT molecular complexity index is 243. The summed E-state index contributed by atoms with van der Waals surface area (Å²) in [5.74, 6) is 0.0412. The van der Waals surface area contributed by atoms with Gasteiger partial charge in [0.1, 0.15) is 6.61 Å². The number of hydrogen-bond acceptors (Lipinski definition) is 3. The van der Waals surface area contributed by atoms with Gasteiger partial charge in [0.25, 0.3) is 0 Å². The molecule has 0 aliphatic carbocycles. The minimum absolute atomic E-state index is 0.0188. The number of ether oxygens (including phenoxy) is 1. The van der Waals surface area contributed by atoms with Crippen molar-refractivity contribution >= 4 is 11.8 Å². The van der Waals surface area contributed by atoms with Crippen LogP contribution in [0.15, 0.2) is 0 Å². The lowest BCUT2D eigenvalue weighted by atomic mass is 10.3. The molecule has 1 unspecified atom stereocenters. The number of methoxy groups -OCH3 is 1. The van der Waals surface area contributed by atoms with Crippen molar-refractivity contribution in [2.75, 3.05) is 26.8 Å². The molecule has 1 N–H and O–H groups in total. The normalized spacial score (nSPS) is 18.0. The van der Waals surface area contributed by atoms with Crippen LogP contribution in [0.5, 0.6) is 0 Å². The molecular weight excluding hydrogens is 196 g/mol. The first kappa shape index (κ1) is 12.0. The molecule has 0 aromatic carbocycles. The molecule has 0 radical (unpaired) electrons. The topological polar surface area (TPSA) is 58.6 Å². The Morgan fingerprint density at radius 3 is 2.93 bits per heavy atom. The molecule has 1 fully saturated rings. The van der Waals surface area contributed by atoms with Gasteiger partial charge in [0, 0.05) is 32.7 Å². The number of rotatable bonds is 5. The predicted molar refractivity (Wildman–Crippen MR) is 55.3 cm³/mol. The predicted octanol–water partition coefficient (Wildman–Crippen LogP) is -0.240. The van der Waals surface area contributed by atoms with E-state index >= 15 is 0 Å². The summed E-state index contributed by atoms with van der Waals surface area (Å²) in [5.41, 5.74) is 0. The molecule has 0 bridgehead atoms. The molecule has 0 saturated carbocycles. The van der Waals surface area contributed by atoms with Gasteiger partial charge in [-0.25, -0.2) is 0 Å². The van der Waals surface area contributed by atoms with Gasteiger partial charge in [-0.15, -0.1) is 0 Å². The van der Waals surface area contributed by atoms with Crippen molar-refractivity contribution in [1.82, 2.24) is 10.2 Å². The second-order valence-electron chi connectivity index (χ2n) is 3.84. The van der Waals surface area contributed by atoms with Gasteiger partial charge in [-0.2, -0.15) is 0 Å². The molecule has 0 aromatic rings. The maximum absolute atomic E-state index is 11.3. The second kappa shape index (κ2) is 5.70. The summed E-state index contributed by atoms with van der Waals surface area (Å²) >= 11 is 0. The SMILES string of the molecule is COCC(=O)NC(C)CN1CCCC1=O. The molecule has 5 nitrogen and oxygen atoms in total. The van der Waals surface area contributed by atoms with Crippen LogP contribution >= 0.6 is 0 Å². The summed E-state index contributed by atoms with van der Waals surface area (Å²) in [5, 5.41) is 2.77. The Balaban J connectivity index is 2.26. The van der Waals surface area contributed by atoms with Crippen molar-refractivity contribution in [2.45, 2.75) is 25.8 Å². The van der Waals surface area contributed by atoms with Crippen LogP contribution in [0.4, 0.5) is 0 Å². The third-order valence-electron chi connectivity index (χ3n) is 2.35. The maximum Gasteiger partial charge on any atom is 0.246 e. The number of amides is 2. The lowest BCUT2D eigenvalue weighted by Gasteiger charge is -2.21. The summed E-state index contributed by atoms with van der Waals surface area (Å²) in [6.07, 6.45) is 1.57.